The van der Waals surface area contributed by atoms with E-state index in [9.17, 15) is 4.79 Å². The maximum Gasteiger partial charge on any atom is 0.230 e. The fourth-order valence-corrected chi connectivity index (χ4v) is 2.70. The Morgan fingerprint density at radius 3 is 2.55 bits per heavy atom. The van der Waals surface area contributed by atoms with Gasteiger partial charge in [0.05, 0.1) is 18.2 Å². The lowest BCUT2D eigenvalue weighted by atomic mass is 9.95. The van der Waals surface area contributed by atoms with Crippen LogP contribution in [0.5, 0.6) is 5.75 Å². The highest BCUT2D eigenvalue weighted by Crippen LogP contribution is 2.49. The quantitative estimate of drug-likeness (QED) is 0.833. The lowest BCUT2D eigenvalue weighted by molar-refractivity contribution is -0.121. The zero-order valence-electron chi connectivity index (χ0n) is 12.6. The summed E-state index contributed by atoms with van der Waals surface area (Å²) < 4.78 is 5.13. The van der Waals surface area contributed by atoms with Crippen LogP contribution in [0.4, 0.5) is 11.4 Å². The average molecular weight is 296 g/mol. The summed E-state index contributed by atoms with van der Waals surface area (Å²) in [5, 5.41) is 2.98. The smallest absolute Gasteiger partial charge is 0.230 e. The molecule has 0 unspecified atom stereocenters. The maximum atomic E-state index is 12.6. The molecule has 1 amide bonds. The van der Waals surface area contributed by atoms with Crippen molar-refractivity contribution in [2.75, 3.05) is 18.2 Å². The third kappa shape index (κ3) is 2.91. The molecule has 0 aromatic heterocycles. The summed E-state index contributed by atoms with van der Waals surface area (Å²) in [6.45, 7) is 0. The predicted octanol–water partition coefficient (Wildman–Crippen LogP) is 3.24. The van der Waals surface area contributed by atoms with Crippen LogP contribution in [0, 0.1) is 5.41 Å². The molecule has 4 heteroatoms. The van der Waals surface area contributed by atoms with E-state index in [2.05, 4.69) is 17.4 Å². The maximum absolute atomic E-state index is 12.6. The zero-order valence-corrected chi connectivity index (χ0v) is 12.6. The van der Waals surface area contributed by atoms with Gasteiger partial charge in [-0.15, -0.1) is 0 Å². The number of nitrogens with one attached hydrogen (secondary N) is 1. The number of nitrogens with two attached hydrogens (primary N) is 1. The Morgan fingerprint density at radius 1 is 1.23 bits per heavy atom. The zero-order chi connectivity index (χ0) is 15.6. The fraction of sp³-hybridized carbons (Fsp3) is 0.278. The van der Waals surface area contributed by atoms with Gasteiger partial charge in [-0.3, -0.25) is 4.79 Å². The summed E-state index contributed by atoms with van der Waals surface area (Å²) in [5.41, 5.74) is 8.04. The third-order valence-electron chi connectivity index (χ3n) is 4.21. The summed E-state index contributed by atoms with van der Waals surface area (Å²) in [5.74, 6) is 0.685. The molecule has 1 fully saturated rings. The van der Waals surface area contributed by atoms with Gasteiger partial charge in [0, 0.05) is 5.69 Å². The van der Waals surface area contributed by atoms with Crippen molar-refractivity contribution in [2.45, 2.75) is 19.3 Å². The van der Waals surface area contributed by atoms with E-state index in [0.29, 0.717) is 17.1 Å². The van der Waals surface area contributed by atoms with Crippen LogP contribution in [0.1, 0.15) is 18.4 Å². The van der Waals surface area contributed by atoms with Gasteiger partial charge in [0.2, 0.25) is 5.91 Å². The first-order chi connectivity index (χ1) is 10.6. The van der Waals surface area contributed by atoms with Gasteiger partial charge in [0.15, 0.2) is 0 Å². The van der Waals surface area contributed by atoms with E-state index in [0.717, 1.165) is 19.3 Å². The van der Waals surface area contributed by atoms with Crippen LogP contribution in [0.25, 0.3) is 0 Å². The number of methoxy groups -OCH3 is 1. The second-order valence-corrected chi connectivity index (χ2v) is 5.85. The molecule has 4 nitrogen and oxygen atoms in total. The number of benzene rings is 2. The Balaban J connectivity index is 1.70. The Kier molecular flexibility index (Phi) is 3.75. The molecule has 0 saturated heterocycles. The van der Waals surface area contributed by atoms with Crippen LogP contribution < -0.4 is 15.8 Å². The highest BCUT2D eigenvalue weighted by Gasteiger charge is 2.49. The second kappa shape index (κ2) is 5.72. The van der Waals surface area contributed by atoms with Crippen molar-refractivity contribution < 1.29 is 9.53 Å². The van der Waals surface area contributed by atoms with Crippen LogP contribution in [0.15, 0.2) is 48.5 Å². The normalized spacial score (nSPS) is 15.1. The second-order valence-electron chi connectivity index (χ2n) is 5.85. The van der Waals surface area contributed by atoms with E-state index in [-0.39, 0.29) is 11.3 Å². The molecule has 0 aliphatic heterocycles. The monoisotopic (exact) mass is 296 g/mol. The molecule has 0 bridgehead atoms. The molecule has 1 saturated carbocycles. The van der Waals surface area contributed by atoms with Crippen LogP contribution in [0.2, 0.25) is 0 Å². The fourth-order valence-electron chi connectivity index (χ4n) is 2.70. The van der Waals surface area contributed by atoms with Crippen LogP contribution in [0.3, 0.4) is 0 Å². The number of nitrogen functional groups attached to an aromatic ring is 1. The van der Waals surface area contributed by atoms with Gasteiger partial charge >= 0.3 is 0 Å². The van der Waals surface area contributed by atoms with Crippen molar-refractivity contribution in [3.63, 3.8) is 0 Å². The molecule has 2 aromatic rings. The average Bonchev–Trinajstić information content (AvgIpc) is 3.29. The molecule has 3 rings (SSSR count). The van der Waals surface area contributed by atoms with Gasteiger partial charge in [-0.1, -0.05) is 30.3 Å². The van der Waals surface area contributed by atoms with E-state index in [1.54, 1.807) is 19.2 Å². The Bertz CT molecular complexity index is 679. The van der Waals surface area contributed by atoms with E-state index >= 15 is 0 Å². The van der Waals surface area contributed by atoms with E-state index in [1.807, 2.05) is 24.3 Å². The number of carbonyl (C=O) groups is 1. The van der Waals surface area contributed by atoms with Crippen LogP contribution in [-0.2, 0) is 11.2 Å². The van der Waals surface area contributed by atoms with Crippen molar-refractivity contribution in [2.24, 2.45) is 5.41 Å². The van der Waals surface area contributed by atoms with Crippen molar-refractivity contribution in [3.05, 3.63) is 54.1 Å². The highest BCUT2D eigenvalue weighted by atomic mass is 16.5. The third-order valence-corrected chi connectivity index (χ3v) is 4.21. The van der Waals surface area contributed by atoms with Gasteiger partial charge in [-0.05, 0) is 43.0 Å². The lowest BCUT2D eigenvalue weighted by Crippen LogP contribution is -2.26. The molecule has 0 atom stereocenters. The van der Waals surface area contributed by atoms with Gasteiger partial charge in [-0.25, -0.2) is 0 Å². The molecular weight excluding hydrogens is 276 g/mol. The highest BCUT2D eigenvalue weighted by molar-refractivity contribution is 5.97. The minimum Gasteiger partial charge on any atom is -0.495 e. The number of carbonyl (C=O) groups excluding carboxylic acids is 1. The largest absolute Gasteiger partial charge is 0.495 e. The van der Waals surface area contributed by atoms with E-state index in [4.69, 9.17) is 10.5 Å². The van der Waals surface area contributed by atoms with Crippen molar-refractivity contribution in [3.8, 4) is 5.75 Å². The number of anilines is 2. The standard InChI is InChI=1S/C18H20N2O2/c1-22-16-8-7-14(11-15(16)19)20-17(21)18(9-10-18)12-13-5-3-2-4-6-13/h2-8,11H,9-10,12,19H2,1H3,(H,20,21). The first kappa shape index (κ1) is 14.4. The van der Waals surface area contributed by atoms with Gasteiger partial charge in [0.25, 0.3) is 0 Å². The summed E-state index contributed by atoms with van der Waals surface area (Å²) in [4.78, 5) is 12.6. The first-order valence-electron chi connectivity index (χ1n) is 7.42. The Hall–Kier alpha value is -2.49. The molecule has 0 radical (unpaired) electrons. The van der Waals surface area contributed by atoms with Gasteiger partial charge in [0.1, 0.15) is 5.75 Å². The molecular formula is C18H20N2O2. The summed E-state index contributed by atoms with van der Waals surface area (Å²) in [7, 11) is 1.57. The number of hydrogen-bond acceptors (Lipinski definition) is 3. The van der Waals surface area contributed by atoms with Gasteiger partial charge in [-0.2, -0.15) is 0 Å². The molecule has 22 heavy (non-hydrogen) atoms. The molecule has 3 N–H and O–H groups in total. The SMILES string of the molecule is COc1ccc(NC(=O)C2(Cc3ccccc3)CC2)cc1N. The number of amides is 1. The lowest BCUT2D eigenvalue weighted by Gasteiger charge is -2.16. The predicted molar refractivity (Wildman–Crippen MR) is 87.8 cm³/mol. The van der Waals surface area contributed by atoms with Crippen molar-refractivity contribution in [1.29, 1.82) is 0 Å². The van der Waals surface area contributed by atoms with Crippen molar-refractivity contribution in [1.82, 2.24) is 0 Å². The number of hydrogen-bond donors (Lipinski definition) is 2. The van der Waals surface area contributed by atoms with Crippen LogP contribution in [-0.4, -0.2) is 13.0 Å². The van der Waals surface area contributed by atoms with E-state index in [1.165, 1.54) is 5.56 Å². The summed E-state index contributed by atoms with van der Waals surface area (Å²) in [6.07, 6.45) is 2.64. The Morgan fingerprint density at radius 2 is 1.95 bits per heavy atom. The minimum absolute atomic E-state index is 0.0703. The van der Waals surface area contributed by atoms with Gasteiger partial charge < -0.3 is 15.8 Å². The summed E-state index contributed by atoms with van der Waals surface area (Å²) in [6, 6.07) is 15.4. The first-order valence-corrected chi connectivity index (χ1v) is 7.42. The van der Waals surface area contributed by atoms with Crippen molar-refractivity contribution >= 4 is 17.3 Å². The summed E-state index contributed by atoms with van der Waals surface area (Å²) >= 11 is 0. The molecule has 0 heterocycles. The van der Waals surface area contributed by atoms with Crippen LogP contribution >= 0.6 is 0 Å². The number of rotatable bonds is 5. The topological polar surface area (TPSA) is 64.3 Å². The minimum atomic E-state index is -0.268. The molecule has 1 aliphatic rings. The molecule has 0 spiro atoms. The number of ether oxygens (including phenoxy) is 1. The Labute approximate surface area is 130 Å². The molecule has 2 aromatic carbocycles. The molecule has 114 valence electrons. The molecule has 1 aliphatic carbocycles. The van der Waals surface area contributed by atoms with E-state index < -0.39 is 0 Å².